The number of fused-ring (bicyclic) bond motifs is 1. The van der Waals surface area contributed by atoms with Crippen molar-refractivity contribution < 1.29 is 9.21 Å². The Labute approximate surface area is 124 Å². The molecule has 0 N–H and O–H groups in total. The second kappa shape index (κ2) is 5.39. The van der Waals surface area contributed by atoms with Gasteiger partial charge in [-0.1, -0.05) is 13.8 Å². The van der Waals surface area contributed by atoms with E-state index in [1.54, 1.807) is 0 Å². The number of rotatable bonds is 3. The fourth-order valence-electron chi connectivity index (χ4n) is 3.07. The van der Waals surface area contributed by atoms with E-state index in [0.717, 1.165) is 13.0 Å². The second-order valence-electron chi connectivity index (χ2n) is 5.42. The lowest BCUT2D eigenvalue weighted by Crippen LogP contribution is -2.41. The molecule has 5 nitrogen and oxygen atoms in total. The number of hydrogen-bond donors (Lipinski definition) is 0. The molecule has 1 aliphatic heterocycles. The minimum atomic E-state index is -0.0426. The van der Waals surface area contributed by atoms with Crippen LogP contribution in [0.25, 0.3) is 0 Å². The topological polar surface area (TPSA) is 51.3 Å². The van der Waals surface area contributed by atoms with Gasteiger partial charge in [0, 0.05) is 31.4 Å². The smallest absolute Gasteiger partial charge is 0.292 e. The van der Waals surface area contributed by atoms with Crippen LogP contribution in [0.2, 0.25) is 0 Å². The SMILES string of the molecule is CCc1nc(C)c(C(=O)N2CCn3cccc3[C@@H]2CC)o1. The van der Waals surface area contributed by atoms with Crippen molar-refractivity contribution in [2.75, 3.05) is 6.54 Å². The maximum atomic E-state index is 12.8. The van der Waals surface area contributed by atoms with E-state index in [1.165, 1.54) is 5.69 Å². The van der Waals surface area contributed by atoms with Crippen molar-refractivity contribution in [3.63, 3.8) is 0 Å². The highest BCUT2D eigenvalue weighted by molar-refractivity contribution is 5.92. The maximum Gasteiger partial charge on any atom is 0.292 e. The molecule has 5 heteroatoms. The third kappa shape index (κ3) is 2.26. The molecule has 3 rings (SSSR count). The van der Waals surface area contributed by atoms with Crippen LogP contribution in [0.1, 0.15) is 54.1 Å². The zero-order valence-electron chi connectivity index (χ0n) is 12.8. The van der Waals surface area contributed by atoms with Crippen molar-refractivity contribution in [1.82, 2.24) is 14.5 Å². The van der Waals surface area contributed by atoms with Gasteiger partial charge in [0.25, 0.3) is 5.91 Å². The fraction of sp³-hybridized carbons (Fsp3) is 0.500. The Hall–Kier alpha value is -2.04. The molecule has 3 heterocycles. The molecule has 0 aromatic carbocycles. The zero-order chi connectivity index (χ0) is 15.0. The summed E-state index contributed by atoms with van der Waals surface area (Å²) in [6.45, 7) is 7.46. The molecule has 112 valence electrons. The Morgan fingerprint density at radius 1 is 1.43 bits per heavy atom. The molecular formula is C16H21N3O2. The zero-order valence-corrected chi connectivity index (χ0v) is 12.8. The summed E-state index contributed by atoms with van der Waals surface area (Å²) in [5, 5.41) is 0. The summed E-state index contributed by atoms with van der Waals surface area (Å²) >= 11 is 0. The molecule has 0 saturated heterocycles. The monoisotopic (exact) mass is 287 g/mol. The first-order valence-electron chi connectivity index (χ1n) is 7.58. The average molecular weight is 287 g/mol. The molecule has 0 radical (unpaired) electrons. The molecule has 0 fully saturated rings. The molecule has 2 aromatic rings. The number of carbonyl (C=O) groups is 1. The number of amides is 1. The molecule has 0 spiro atoms. The molecule has 0 saturated carbocycles. The highest BCUT2D eigenvalue weighted by Gasteiger charge is 2.32. The summed E-state index contributed by atoms with van der Waals surface area (Å²) in [5.74, 6) is 0.980. The van der Waals surface area contributed by atoms with Crippen LogP contribution in [0, 0.1) is 6.92 Å². The summed E-state index contributed by atoms with van der Waals surface area (Å²) in [7, 11) is 0. The third-order valence-electron chi connectivity index (χ3n) is 4.15. The molecule has 0 bridgehead atoms. The van der Waals surface area contributed by atoms with Crippen LogP contribution in [-0.4, -0.2) is 26.9 Å². The molecule has 0 unspecified atom stereocenters. The van der Waals surface area contributed by atoms with Crippen LogP contribution in [0.15, 0.2) is 22.7 Å². The highest BCUT2D eigenvalue weighted by Crippen LogP contribution is 2.30. The number of aromatic nitrogens is 2. The van der Waals surface area contributed by atoms with Gasteiger partial charge in [-0.05, 0) is 25.5 Å². The first-order chi connectivity index (χ1) is 10.2. The van der Waals surface area contributed by atoms with Crippen molar-refractivity contribution in [3.05, 3.63) is 41.4 Å². The number of hydrogen-bond acceptors (Lipinski definition) is 3. The summed E-state index contributed by atoms with van der Waals surface area (Å²) < 4.78 is 7.86. The predicted octanol–water partition coefficient (Wildman–Crippen LogP) is 2.95. The maximum absolute atomic E-state index is 12.8. The quantitative estimate of drug-likeness (QED) is 0.872. The number of oxazole rings is 1. The van der Waals surface area contributed by atoms with E-state index in [1.807, 2.05) is 24.8 Å². The molecule has 2 aromatic heterocycles. The van der Waals surface area contributed by atoms with Gasteiger partial charge in [0.2, 0.25) is 5.76 Å². The van der Waals surface area contributed by atoms with Gasteiger partial charge >= 0.3 is 0 Å². The molecule has 0 aliphatic carbocycles. The van der Waals surface area contributed by atoms with E-state index in [4.69, 9.17) is 4.42 Å². The number of nitrogens with zero attached hydrogens (tertiary/aromatic N) is 3. The number of aryl methyl sites for hydroxylation is 2. The van der Waals surface area contributed by atoms with E-state index in [2.05, 4.69) is 28.7 Å². The van der Waals surface area contributed by atoms with Gasteiger partial charge in [0.05, 0.1) is 11.7 Å². The van der Waals surface area contributed by atoms with Crippen LogP contribution in [0.5, 0.6) is 0 Å². The standard InChI is InChI=1S/C16H21N3O2/c1-4-12-13-7-6-8-18(13)9-10-19(12)16(20)15-11(3)17-14(5-2)21-15/h6-8,12H,4-5,9-10H2,1-3H3/t12-/m0/s1. The Kier molecular flexibility index (Phi) is 3.57. The first-order valence-corrected chi connectivity index (χ1v) is 7.58. The Morgan fingerprint density at radius 2 is 2.24 bits per heavy atom. The van der Waals surface area contributed by atoms with Crippen LogP contribution in [0.3, 0.4) is 0 Å². The molecule has 1 aliphatic rings. The molecule has 1 amide bonds. The lowest BCUT2D eigenvalue weighted by atomic mass is 10.1. The van der Waals surface area contributed by atoms with Crippen molar-refractivity contribution in [2.45, 2.75) is 46.2 Å². The summed E-state index contributed by atoms with van der Waals surface area (Å²) in [4.78, 5) is 19.1. The third-order valence-corrected chi connectivity index (χ3v) is 4.15. The van der Waals surface area contributed by atoms with Gasteiger partial charge in [-0.2, -0.15) is 0 Å². The van der Waals surface area contributed by atoms with E-state index < -0.39 is 0 Å². The van der Waals surface area contributed by atoms with E-state index in [-0.39, 0.29) is 11.9 Å². The van der Waals surface area contributed by atoms with E-state index in [9.17, 15) is 4.79 Å². The van der Waals surface area contributed by atoms with Crippen LogP contribution < -0.4 is 0 Å². The van der Waals surface area contributed by atoms with Gasteiger partial charge in [-0.3, -0.25) is 4.79 Å². The Morgan fingerprint density at radius 3 is 2.90 bits per heavy atom. The van der Waals surface area contributed by atoms with Crippen LogP contribution in [-0.2, 0) is 13.0 Å². The first kappa shape index (κ1) is 13.9. The van der Waals surface area contributed by atoms with E-state index in [0.29, 0.717) is 30.3 Å². The molecule has 1 atom stereocenters. The van der Waals surface area contributed by atoms with Gasteiger partial charge in [-0.25, -0.2) is 4.98 Å². The lowest BCUT2D eigenvalue weighted by molar-refractivity contribution is 0.0582. The normalized spacial score (nSPS) is 17.9. The van der Waals surface area contributed by atoms with Crippen molar-refractivity contribution in [3.8, 4) is 0 Å². The summed E-state index contributed by atoms with van der Waals surface area (Å²) in [6.07, 6.45) is 3.67. The van der Waals surface area contributed by atoms with Crippen LogP contribution in [0.4, 0.5) is 0 Å². The average Bonchev–Trinajstić information content (AvgIpc) is 3.11. The van der Waals surface area contributed by atoms with Crippen molar-refractivity contribution in [1.29, 1.82) is 0 Å². The largest absolute Gasteiger partial charge is 0.435 e. The summed E-state index contributed by atoms with van der Waals surface area (Å²) in [6, 6.07) is 4.25. The van der Waals surface area contributed by atoms with Crippen LogP contribution >= 0.6 is 0 Å². The van der Waals surface area contributed by atoms with Crippen molar-refractivity contribution >= 4 is 5.91 Å². The van der Waals surface area contributed by atoms with Crippen molar-refractivity contribution in [2.24, 2.45) is 0 Å². The van der Waals surface area contributed by atoms with Gasteiger partial charge in [0.1, 0.15) is 0 Å². The second-order valence-corrected chi connectivity index (χ2v) is 5.42. The Balaban J connectivity index is 1.92. The number of carbonyl (C=O) groups excluding carboxylic acids is 1. The molecule has 21 heavy (non-hydrogen) atoms. The fourth-order valence-corrected chi connectivity index (χ4v) is 3.07. The minimum Gasteiger partial charge on any atom is -0.435 e. The summed E-state index contributed by atoms with van der Waals surface area (Å²) in [5.41, 5.74) is 1.89. The molecular weight excluding hydrogens is 266 g/mol. The van der Waals surface area contributed by atoms with E-state index >= 15 is 0 Å². The van der Waals surface area contributed by atoms with Gasteiger partial charge in [0.15, 0.2) is 5.89 Å². The van der Waals surface area contributed by atoms with Gasteiger partial charge < -0.3 is 13.9 Å². The van der Waals surface area contributed by atoms with Gasteiger partial charge in [-0.15, -0.1) is 0 Å². The predicted molar refractivity (Wildman–Crippen MR) is 79.1 cm³/mol. The highest BCUT2D eigenvalue weighted by atomic mass is 16.4. The minimum absolute atomic E-state index is 0.0426. The Bertz CT molecular complexity index is 656. The lowest BCUT2D eigenvalue weighted by Gasteiger charge is -2.36.